The normalized spacial score (nSPS) is 15.7. The summed E-state index contributed by atoms with van der Waals surface area (Å²) in [6, 6.07) is 0.0565. The Morgan fingerprint density at radius 1 is 1.36 bits per heavy atom. The molecule has 1 fully saturated rings. The number of piperidine rings is 1. The second kappa shape index (κ2) is 7.09. The predicted octanol–water partition coefficient (Wildman–Crippen LogP) is 2.49. The molecule has 0 bridgehead atoms. The van der Waals surface area contributed by atoms with Gasteiger partial charge in [-0.05, 0) is 26.7 Å². The van der Waals surface area contributed by atoms with Crippen LogP contribution in [0.25, 0.3) is 0 Å². The Labute approximate surface area is 135 Å². The van der Waals surface area contributed by atoms with E-state index in [1.165, 1.54) is 11.3 Å². The number of amides is 2. The van der Waals surface area contributed by atoms with Crippen molar-refractivity contribution in [3.63, 3.8) is 0 Å². The quantitative estimate of drug-likeness (QED) is 0.801. The van der Waals surface area contributed by atoms with Gasteiger partial charge in [0.05, 0.1) is 17.3 Å². The first kappa shape index (κ1) is 16.7. The highest BCUT2D eigenvalue weighted by molar-refractivity contribution is 7.13. The fourth-order valence-electron chi connectivity index (χ4n) is 2.58. The number of nitrogens with zero attached hydrogens (tertiary/aromatic N) is 3. The maximum atomic E-state index is 11.9. The van der Waals surface area contributed by atoms with E-state index >= 15 is 0 Å². The summed E-state index contributed by atoms with van der Waals surface area (Å²) in [7, 11) is 3.54. The van der Waals surface area contributed by atoms with Crippen molar-refractivity contribution in [1.29, 1.82) is 0 Å². The monoisotopic (exact) mass is 325 g/mol. The van der Waals surface area contributed by atoms with E-state index in [0.29, 0.717) is 17.4 Å². The number of hydrogen-bond acceptors (Lipinski definition) is 5. The standard InChI is InChI=1S/C15H23N3O3S/c1-5-21-14(19)12-10(2)16-13(22-12)11-6-8-18(9-7-11)15(20)17(3)4/h11H,5-9H2,1-4H3. The molecular formula is C15H23N3O3S. The molecule has 0 aromatic carbocycles. The first-order chi connectivity index (χ1) is 10.4. The highest BCUT2D eigenvalue weighted by Gasteiger charge is 2.28. The van der Waals surface area contributed by atoms with Crippen molar-refractivity contribution >= 4 is 23.3 Å². The molecule has 1 aromatic heterocycles. The van der Waals surface area contributed by atoms with Crippen LogP contribution in [-0.4, -0.2) is 60.6 Å². The van der Waals surface area contributed by atoms with E-state index in [4.69, 9.17) is 4.74 Å². The van der Waals surface area contributed by atoms with Crippen LogP contribution in [0.1, 0.15) is 46.1 Å². The molecule has 22 heavy (non-hydrogen) atoms. The molecule has 0 aliphatic carbocycles. The molecule has 1 saturated heterocycles. The maximum Gasteiger partial charge on any atom is 0.350 e. The summed E-state index contributed by atoms with van der Waals surface area (Å²) < 4.78 is 5.06. The van der Waals surface area contributed by atoms with Crippen LogP contribution in [0, 0.1) is 6.92 Å². The molecule has 0 N–H and O–H groups in total. The van der Waals surface area contributed by atoms with Crippen molar-refractivity contribution in [3.8, 4) is 0 Å². The lowest BCUT2D eigenvalue weighted by atomic mass is 9.98. The molecule has 0 atom stereocenters. The molecule has 2 rings (SSSR count). The molecule has 122 valence electrons. The van der Waals surface area contributed by atoms with Gasteiger partial charge in [0.25, 0.3) is 0 Å². The van der Waals surface area contributed by atoms with Gasteiger partial charge >= 0.3 is 12.0 Å². The zero-order valence-corrected chi connectivity index (χ0v) is 14.4. The van der Waals surface area contributed by atoms with Gasteiger partial charge in [0.15, 0.2) is 0 Å². The first-order valence-corrected chi connectivity index (χ1v) is 8.36. The molecule has 1 aliphatic rings. The fraction of sp³-hybridized carbons (Fsp3) is 0.667. The largest absolute Gasteiger partial charge is 0.462 e. The number of likely N-dealkylation sites (tertiary alicyclic amines) is 1. The van der Waals surface area contributed by atoms with Gasteiger partial charge in [-0.25, -0.2) is 14.6 Å². The SMILES string of the molecule is CCOC(=O)c1sc(C2CCN(C(=O)N(C)C)CC2)nc1C. The second-order valence-electron chi connectivity index (χ2n) is 5.63. The Kier molecular flexibility index (Phi) is 5.39. The number of carbonyl (C=O) groups is 2. The molecular weight excluding hydrogens is 302 g/mol. The van der Waals surface area contributed by atoms with Gasteiger partial charge in [-0.2, -0.15) is 0 Å². The number of urea groups is 1. The third-order valence-electron chi connectivity index (χ3n) is 3.77. The molecule has 2 amide bonds. The van der Waals surface area contributed by atoms with Crippen molar-refractivity contribution < 1.29 is 14.3 Å². The first-order valence-electron chi connectivity index (χ1n) is 7.54. The van der Waals surface area contributed by atoms with Crippen LogP contribution < -0.4 is 0 Å². The van der Waals surface area contributed by atoms with E-state index in [1.807, 2.05) is 11.8 Å². The van der Waals surface area contributed by atoms with Gasteiger partial charge in [0.2, 0.25) is 0 Å². The van der Waals surface area contributed by atoms with Crippen molar-refractivity contribution in [2.75, 3.05) is 33.8 Å². The zero-order valence-electron chi connectivity index (χ0n) is 13.6. The number of carbonyl (C=O) groups excluding carboxylic acids is 2. The summed E-state index contributed by atoms with van der Waals surface area (Å²) in [5.74, 6) is 0.0297. The molecule has 0 radical (unpaired) electrons. The van der Waals surface area contributed by atoms with Gasteiger partial charge in [-0.15, -0.1) is 11.3 Å². The average molecular weight is 325 g/mol. The second-order valence-corrected chi connectivity index (χ2v) is 6.66. The summed E-state index contributed by atoms with van der Waals surface area (Å²) in [4.78, 5) is 32.4. The van der Waals surface area contributed by atoms with E-state index in [1.54, 1.807) is 25.9 Å². The highest BCUT2D eigenvalue weighted by atomic mass is 32.1. The molecule has 0 saturated carbocycles. The Balaban J connectivity index is 2.01. The minimum atomic E-state index is -0.288. The summed E-state index contributed by atoms with van der Waals surface area (Å²) in [5.41, 5.74) is 0.741. The van der Waals surface area contributed by atoms with Gasteiger partial charge < -0.3 is 14.5 Å². The van der Waals surface area contributed by atoms with Crippen molar-refractivity contribution in [2.45, 2.75) is 32.6 Å². The number of thiazole rings is 1. The fourth-order valence-corrected chi connectivity index (χ4v) is 3.71. The van der Waals surface area contributed by atoms with Gasteiger partial charge in [0.1, 0.15) is 4.88 Å². The number of esters is 1. The number of aromatic nitrogens is 1. The third-order valence-corrected chi connectivity index (χ3v) is 5.07. The molecule has 0 unspecified atom stereocenters. The third kappa shape index (κ3) is 3.58. The van der Waals surface area contributed by atoms with Crippen LogP contribution in [0.3, 0.4) is 0 Å². The summed E-state index contributed by atoms with van der Waals surface area (Å²) in [5, 5.41) is 0.984. The predicted molar refractivity (Wildman–Crippen MR) is 85.4 cm³/mol. The van der Waals surface area contributed by atoms with E-state index in [-0.39, 0.29) is 12.0 Å². The van der Waals surface area contributed by atoms with Crippen LogP contribution in [0.5, 0.6) is 0 Å². The van der Waals surface area contributed by atoms with Gasteiger partial charge in [-0.1, -0.05) is 0 Å². The Morgan fingerprint density at radius 2 is 2.00 bits per heavy atom. The minimum absolute atomic E-state index is 0.0565. The molecule has 2 heterocycles. The van der Waals surface area contributed by atoms with Crippen molar-refractivity contribution in [2.24, 2.45) is 0 Å². The van der Waals surface area contributed by atoms with E-state index < -0.39 is 0 Å². The molecule has 0 spiro atoms. The Morgan fingerprint density at radius 3 is 2.55 bits per heavy atom. The Hall–Kier alpha value is -1.63. The van der Waals surface area contributed by atoms with Crippen LogP contribution >= 0.6 is 11.3 Å². The Bertz CT molecular complexity index is 548. The molecule has 1 aromatic rings. The summed E-state index contributed by atoms with van der Waals surface area (Å²) in [6.07, 6.45) is 1.77. The zero-order chi connectivity index (χ0) is 16.3. The number of ether oxygens (including phenoxy) is 1. The summed E-state index contributed by atoms with van der Waals surface area (Å²) in [6.45, 7) is 5.48. The lowest BCUT2D eigenvalue weighted by Crippen LogP contribution is -2.43. The summed E-state index contributed by atoms with van der Waals surface area (Å²) >= 11 is 1.43. The van der Waals surface area contributed by atoms with Crippen molar-refractivity contribution in [3.05, 3.63) is 15.6 Å². The van der Waals surface area contributed by atoms with Gasteiger partial charge in [-0.3, -0.25) is 0 Å². The highest BCUT2D eigenvalue weighted by Crippen LogP contribution is 2.33. The van der Waals surface area contributed by atoms with Crippen molar-refractivity contribution in [1.82, 2.24) is 14.8 Å². The van der Waals surface area contributed by atoms with E-state index in [0.717, 1.165) is 36.6 Å². The topological polar surface area (TPSA) is 62.7 Å². The van der Waals surface area contributed by atoms with E-state index in [2.05, 4.69) is 4.98 Å². The van der Waals surface area contributed by atoms with Crippen LogP contribution in [-0.2, 0) is 4.74 Å². The van der Waals surface area contributed by atoms with Crippen LogP contribution in [0.4, 0.5) is 4.79 Å². The van der Waals surface area contributed by atoms with E-state index in [9.17, 15) is 9.59 Å². The van der Waals surface area contributed by atoms with Crippen LogP contribution in [0.2, 0.25) is 0 Å². The maximum absolute atomic E-state index is 11.9. The number of rotatable bonds is 3. The number of aryl methyl sites for hydroxylation is 1. The number of hydrogen-bond donors (Lipinski definition) is 0. The molecule has 1 aliphatic heterocycles. The smallest absolute Gasteiger partial charge is 0.350 e. The minimum Gasteiger partial charge on any atom is -0.462 e. The van der Waals surface area contributed by atoms with Gasteiger partial charge in [0, 0.05) is 33.1 Å². The lowest BCUT2D eigenvalue weighted by Gasteiger charge is -2.32. The average Bonchev–Trinajstić information content (AvgIpc) is 2.89. The lowest BCUT2D eigenvalue weighted by molar-refractivity contribution is 0.0531. The van der Waals surface area contributed by atoms with Crippen LogP contribution in [0.15, 0.2) is 0 Å². The molecule has 6 nitrogen and oxygen atoms in total. The molecule has 7 heteroatoms.